The molecule has 88 valence electrons. The first-order valence-corrected chi connectivity index (χ1v) is 5.49. The maximum Gasteiger partial charge on any atom is 0.293 e. The van der Waals surface area contributed by atoms with Crippen LogP contribution in [0, 0.1) is 5.92 Å². The highest BCUT2D eigenvalue weighted by molar-refractivity contribution is 5.33. The van der Waals surface area contributed by atoms with Gasteiger partial charge in [0.15, 0.2) is 5.82 Å². The van der Waals surface area contributed by atoms with Gasteiger partial charge in [-0.25, -0.2) is 4.98 Å². The fourth-order valence-electron chi connectivity index (χ4n) is 1.36. The molecule has 0 radical (unpaired) electrons. The fourth-order valence-corrected chi connectivity index (χ4v) is 1.36. The van der Waals surface area contributed by atoms with Gasteiger partial charge >= 0.3 is 0 Å². The molecule has 0 aliphatic carbocycles. The van der Waals surface area contributed by atoms with Crippen molar-refractivity contribution in [2.45, 2.75) is 33.4 Å². The second-order valence-electron chi connectivity index (χ2n) is 4.30. The van der Waals surface area contributed by atoms with Crippen molar-refractivity contribution in [3.8, 4) is 0 Å². The molecule has 0 saturated heterocycles. The lowest BCUT2D eigenvalue weighted by Crippen LogP contribution is -2.28. The van der Waals surface area contributed by atoms with Crippen LogP contribution in [0.4, 0.5) is 5.82 Å². The second kappa shape index (κ2) is 5.49. The zero-order valence-electron chi connectivity index (χ0n) is 10.1. The highest BCUT2D eigenvalue weighted by Gasteiger charge is 2.07. The van der Waals surface area contributed by atoms with Gasteiger partial charge in [-0.15, -0.1) is 6.58 Å². The Morgan fingerprint density at radius 2 is 2.25 bits per heavy atom. The van der Waals surface area contributed by atoms with Crippen LogP contribution in [0.2, 0.25) is 0 Å². The highest BCUT2D eigenvalue weighted by Crippen LogP contribution is 2.00. The summed E-state index contributed by atoms with van der Waals surface area (Å²) >= 11 is 0. The molecule has 1 atom stereocenters. The minimum absolute atomic E-state index is 0.0371. The molecular weight excluding hydrogens is 202 g/mol. The van der Waals surface area contributed by atoms with Crippen LogP contribution < -0.4 is 10.9 Å². The van der Waals surface area contributed by atoms with Crippen molar-refractivity contribution in [1.82, 2.24) is 9.55 Å². The monoisotopic (exact) mass is 221 g/mol. The van der Waals surface area contributed by atoms with Crippen molar-refractivity contribution < 1.29 is 0 Å². The van der Waals surface area contributed by atoms with E-state index in [-0.39, 0.29) is 11.6 Å². The van der Waals surface area contributed by atoms with Gasteiger partial charge < -0.3 is 9.88 Å². The Kier molecular flexibility index (Phi) is 4.28. The van der Waals surface area contributed by atoms with Gasteiger partial charge in [0.25, 0.3) is 5.56 Å². The molecule has 1 heterocycles. The number of hydrogen-bond acceptors (Lipinski definition) is 3. The van der Waals surface area contributed by atoms with E-state index in [1.807, 2.05) is 6.92 Å². The summed E-state index contributed by atoms with van der Waals surface area (Å²) < 4.78 is 1.68. The first-order chi connectivity index (χ1) is 7.54. The Labute approximate surface area is 96.0 Å². The molecule has 0 spiro atoms. The van der Waals surface area contributed by atoms with E-state index in [2.05, 4.69) is 30.7 Å². The fraction of sp³-hybridized carbons (Fsp3) is 0.500. The predicted molar refractivity (Wildman–Crippen MR) is 66.6 cm³/mol. The molecule has 0 saturated carbocycles. The Morgan fingerprint density at radius 3 is 2.81 bits per heavy atom. The van der Waals surface area contributed by atoms with Gasteiger partial charge in [0, 0.05) is 25.0 Å². The molecule has 0 aromatic carbocycles. The number of nitrogens with one attached hydrogen (secondary N) is 1. The van der Waals surface area contributed by atoms with E-state index in [0.717, 1.165) is 0 Å². The highest BCUT2D eigenvalue weighted by atomic mass is 16.1. The maximum atomic E-state index is 12.0. The van der Waals surface area contributed by atoms with E-state index in [1.54, 1.807) is 23.0 Å². The number of anilines is 1. The first kappa shape index (κ1) is 12.5. The van der Waals surface area contributed by atoms with Crippen molar-refractivity contribution >= 4 is 5.82 Å². The summed E-state index contributed by atoms with van der Waals surface area (Å²) in [5.74, 6) is 0.820. The predicted octanol–water partition coefficient (Wildman–Crippen LogP) is 1.89. The molecule has 0 fully saturated rings. The van der Waals surface area contributed by atoms with E-state index < -0.39 is 0 Å². The normalized spacial score (nSPS) is 12.5. The van der Waals surface area contributed by atoms with Crippen LogP contribution in [-0.4, -0.2) is 15.6 Å². The topological polar surface area (TPSA) is 46.9 Å². The third-order valence-electron chi connectivity index (χ3n) is 2.19. The molecule has 4 heteroatoms. The quantitative estimate of drug-likeness (QED) is 0.772. The smallest absolute Gasteiger partial charge is 0.293 e. The van der Waals surface area contributed by atoms with Crippen LogP contribution in [0.1, 0.15) is 20.8 Å². The standard InChI is InChI=1S/C12H19N3O/c1-5-10(4)14-11-12(16)15(7-6-13-11)8-9(2)3/h5-7,9-10H,1,8H2,2-4H3,(H,13,14). The lowest BCUT2D eigenvalue weighted by molar-refractivity contribution is 0.509. The third kappa shape index (κ3) is 3.22. The molecule has 16 heavy (non-hydrogen) atoms. The van der Waals surface area contributed by atoms with Crippen molar-refractivity contribution in [1.29, 1.82) is 0 Å². The number of nitrogens with zero attached hydrogens (tertiary/aromatic N) is 2. The maximum absolute atomic E-state index is 12.0. The molecule has 1 N–H and O–H groups in total. The van der Waals surface area contributed by atoms with Crippen LogP contribution >= 0.6 is 0 Å². The van der Waals surface area contributed by atoms with E-state index in [4.69, 9.17) is 0 Å². The lowest BCUT2D eigenvalue weighted by Gasteiger charge is -2.12. The van der Waals surface area contributed by atoms with Gasteiger partial charge in [-0.2, -0.15) is 0 Å². The molecular formula is C12H19N3O. The summed E-state index contributed by atoms with van der Waals surface area (Å²) in [7, 11) is 0. The molecule has 0 bridgehead atoms. The zero-order chi connectivity index (χ0) is 12.1. The number of aromatic nitrogens is 2. The van der Waals surface area contributed by atoms with Crippen molar-refractivity contribution in [3.05, 3.63) is 35.4 Å². The Bertz CT molecular complexity index is 409. The minimum Gasteiger partial charge on any atom is -0.360 e. The minimum atomic E-state index is -0.0788. The van der Waals surface area contributed by atoms with Crippen molar-refractivity contribution in [2.75, 3.05) is 5.32 Å². The molecule has 0 aliphatic heterocycles. The summed E-state index contributed by atoms with van der Waals surface area (Å²) in [5, 5.41) is 3.01. The number of rotatable bonds is 5. The molecule has 1 aromatic heterocycles. The summed E-state index contributed by atoms with van der Waals surface area (Å²) in [6.45, 7) is 10.4. The van der Waals surface area contributed by atoms with E-state index in [0.29, 0.717) is 18.3 Å². The Morgan fingerprint density at radius 1 is 1.56 bits per heavy atom. The van der Waals surface area contributed by atoms with E-state index in [9.17, 15) is 4.79 Å². The molecule has 1 aromatic rings. The van der Waals surface area contributed by atoms with E-state index >= 15 is 0 Å². The van der Waals surface area contributed by atoms with Crippen LogP contribution in [0.3, 0.4) is 0 Å². The summed E-state index contributed by atoms with van der Waals surface area (Å²) in [6, 6.07) is 0.0371. The van der Waals surface area contributed by atoms with Gasteiger partial charge in [0.2, 0.25) is 0 Å². The molecule has 1 unspecified atom stereocenters. The van der Waals surface area contributed by atoms with Crippen molar-refractivity contribution in [3.63, 3.8) is 0 Å². The molecule has 0 aliphatic rings. The lowest BCUT2D eigenvalue weighted by atomic mass is 10.2. The van der Waals surface area contributed by atoms with Gasteiger partial charge in [-0.05, 0) is 12.8 Å². The second-order valence-corrected chi connectivity index (χ2v) is 4.30. The molecule has 0 amide bonds. The van der Waals surface area contributed by atoms with Crippen molar-refractivity contribution in [2.24, 2.45) is 5.92 Å². The van der Waals surface area contributed by atoms with Gasteiger partial charge in [0.05, 0.1) is 0 Å². The van der Waals surface area contributed by atoms with Gasteiger partial charge in [-0.1, -0.05) is 19.9 Å². The Hall–Kier alpha value is -1.58. The van der Waals surface area contributed by atoms with Crippen LogP contribution in [0.25, 0.3) is 0 Å². The largest absolute Gasteiger partial charge is 0.360 e. The van der Waals surface area contributed by atoms with Crippen LogP contribution in [-0.2, 0) is 6.54 Å². The van der Waals surface area contributed by atoms with Gasteiger partial charge in [-0.3, -0.25) is 4.79 Å². The first-order valence-electron chi connectivity index (χ1n) is 5.49. The third-order valence-corrected chi connectivity index (χ3v) is 2.19. The molecule has 1 rings (SSSR count). The van der Waals surface area contributed by atoms with E-state index in [1.165, 1.54) is 0 Å². The van der Waals surface area contributed by atoms with Crippen LogP contribution in [0.15, 0.2) is 29.8 Å². The van der Waals surface area contributed by atoms with Gasteiger partial charge in [0.1, 0.15) is 0 Å². The SMILES string of the molecule is C=CC(C)Nc1nccn(CC(C)C)c1=O. The average molecular weight is 221 g/mol. The average Bonchev–Trinajstić information content (AvgIpc) is 2.23. The Balaban J connectivity index is 2.95. The molecule has 4 nitrogen and oxygen atoms in total. The number of hydrogen-bond donors (Lipinski definition) is 1. The zero-order valence-corrected chi connectivity index (χ0v) is 10.1. The summed E-state index contributed by atoms with van der Waals surface area (Å²) in [6.07, 6.45) is 5.09. The summed E-state index contributed by atoms with van der Waals surface area (Å²) in [4.78, 5) is 16.0. The van der Waals surface area contributed by atoms with Crippen LogP contribution in [0.5, 0.6) is 0 Å². The summed E-state index contributed by atoms with van der Waals surface area (Å²) in [5.41, 5.74) is -0.0788.